The maximum absolute atomic E-state index is 12.2. The highest BCUT2D eigenvalue weighted by Crippen LogP contribution is 2.24. The second kappa shape index (κ2) is 3.96. The fraction of sp³-hybridized carbons (Fsp3) is 0.364. The fourth-order valence-electron chi connectivity index (χ4n) is 1.83. The van der Waals surface area contributed by atoms with Gasteiger partial charge >= 0.3 is 5.69 Å². The molecule has 2 aromatic rings. The van der Waals surface area contributed by atoms with Crippen LogP contribution in [0.2, 0.25) is 0 Å². The summed E-state index contributed by atoms with van der Waals surface area (Å²) in [7, 11) is 0. The van der Waals surface area contributed by atoms with E-state index in [0.717, 1.165) is 15.9 Å². The third kappa shape index (κ3) is 1.64. The summed E-state index contributed by atoms with van der Waals surface area (Å²) in [6.45, 7) is 5.25. The molecule has 0 aliphatic rings. The predicted molar refractivity (Wildman–Crippen MR) is 67.2 cm³/mol. The molecule has 5 nitrogen and oxygen atoms in total. The Morgan fingerprint density at radius 1 is 1.35 bits per heavy atom. The molecule has 0 saturated heterocycles. The van der Waals surface area contributed by atoms with Crippen molar-refractivity contribution in [3.8, 4) is 0 Å². The first kappa shape index (κ1) is 11.8. The van der Waals surface area contributed by atoms with Gasteiger partial charge in [-0.2, -0.15) is 0 Å². The van der Waals surface area contributed by atoms with Crippen LogP contribution in [0.1, 0.15) is 35.1 Å². The summed E-state index contributed by atoms with van der Waals surface area (Å²) in [6.07, 6.45) is 0.706. The summed E-state index contributed by atoms with van der Waals surface area (Å²) in [5.41, 5.74) is -0.132. The van der Waals surface area contributed by atoms with Crippen LogP contribution in [0.15, 0.2) is 9.59 Å². The lowest BCUT2D eigenvalue weighted by atomic mass is 10.2. The largest absolute Gasteiger partial charge is 0.329 e. The van der Waals surface area contributed by atoms with Gasteiger partial charge in [-0.3, -0.25) is 19.1 Å². The molecule has 6 heteroatoms. The SMILES string of the molecule is Cc1c(C=O)sc2[nH]c(=O)n(C(C)C)c(=O)c12. The van der Waals surface area contributed by atoms with Gasteiger partial charge in [0.2, 0.25) is 0 Å². The zero-order chi connectivity index (χ0) is 12.7. The van der Waals surface area contributed by atoms with Crippen molar-refractivity contribution in [2.75, 3.05) is 0 Å². The van der Waals surface area contributed by atoms with E-state index in [4.69, 9.17) is 0 Å². The standard InChI is InChI=1S/C11H12N2O3S/c1-5(2)13-10(15)8-6(3)7(4-14)17-9(8)12-11(13)16/h4-5H,1-3H3,(H,12,16). The summed E-state index contributed by atoms with van der Waals surface area (Å²) < 4.78 is 1.16. The summed E-state index contributed by atoms with van der Waals surface area (Å²) >= 11 is 1.14. The van der Waals surface area contributed by atoms with E-state index >= 15 is 0 Å². The molecule has 1 N–H and O–H groups in total. The van der Waals surface area contributed by atoms with Crippen LogP contribution in [0.5, 0.6) is 0 Å². The molecule has 0 aliphatic heterocycles. The van der Waals surface area contributed by atoms with Crippen LogP contribution in [-0.2, 0) is 0 Å². The molecule has 0 aliphatic carbocycles. The topological polar surface area (TPSA) is 71.9 Å². The number of hydrogen-bond acceptors (Lipinski definition) is 4. The van der Waals surface area contributed by atoms with E-state index in [-0.39, 0.29) is 11.6 Å². The highest BCUT2D eigenvalue weighted by molar-refractivity contribution is 7.20. The first-order valence-electron chi connectivity index (χ1n) is 5.20. The number of rotatable bonds is 2. The lowest BCUT2D eigenvalue weighted by Crippen LogP contribution is -2.36. The molecule has 0 atom stereocenters. The lowest BCUT2D eigenvalue weighted by Gasteiger charge is -2.07. The molecule has 0 saturated carbocycles. The average Bonchev–Trinajstić information content (AvgIpc) is 2.54. The Bertz CT molecular complexity index is 706. The first-order valence-corrected chi connectivity index (χ1v) is 6.02. The quantitative estimate of drug-likeness (QED) is 0.822. The van der Waals surface area contributed by atoms with Crippen molar-refractivity contribution in [3.05, 3.63) is 31.3 Å². The van der Waals surface area contributed by atoms with E-state index in [1.165, 1.54) is 0 Å². The molecule has 0 bridgehead atoms. The normalized spacial score (nSPS) is 11.3. The Balaban J connectivity index is 3.01. The minimum Gasteiger partial charge on any atom is -0.298 e. The number of aromatic amines is 1. The van der Waals surface area contributed by atoms with Gasteiger partial charge in [-0.05, 0) is 26.3 Å². The van der Waals surface area contributed by atoms with Gasteiger partial charge in [0.05, 0.1) is 10.3 Å². The van der Waals surface area contributed by atoms with E-state index in [9.17, 15) is 14.4 Å². The summed E-state index contributed by atoms with van der Waals surface area (Å²) in [5, 5.41) is 0.436. The minimum absolute atomic E-state index is 0.213. The van der Waals surface area contributed by atoms with Gasteiger partial charge in [0.15, 0.2) is 6.29 Å². The number of nitrogens with one attached hydrogen (secondary N) is 1. The number of carbonyl (C=O) groups excluding carboxylic acids is 1. The molecule has 17 heavy (non-hydrogen) atoms. The van der Waals surface area contributed by atoms with Crippen LogP contribution < -0.4 is 11.2 Å². The van der Waals surface area contributed by atoms with Gasteiger partial charge in [0.25, 0.3) is 5.56 Å². The van der Waals surface area contributed by atoms with E-state index in [1.54, 1.807) is 20.8 Å². The number of hydrogen-bond donors (Lipinski definition) is 1. The number of nitrogens with zero attached hydrogens (tertiary/aromatic N) is 1. The van der Waals surface area contributed by atoms with Gasteiger partial charge in [-0.1, -0.05) is 0 Å². The number of carbonyl (C=O) groups is 1. The molecule has 0 spiro atoms. The number of H-pyrrole nitrogens is 1. The average molecular weight is 252 g/mol. The Morgan fingerprint density at radius 2 is 2.00 bits per heavy atom. The van der Waals surface area contributed by atoms with E-state index in [1.807, 2.05) is 0 Å². The van der Waals surface area contributed by atoms with Crippen molar-refractivity contribution < 1.29 is 4.79 Å². The van der Waals surface area contributed by atoms with Crippen LogP contribution >= 0.6 is 11.3 Å². The molecule has 0 radical (unpaired) electrons. The zero-order valence-corrected chi connectivity index (χ0v) is 10.6. The van der Waals surface area contributed by atoms with Crippen LogP contribution in [0.4, 0.5) is 0 Å². The molecule has 0 amide bonds. The maximum Gasteiger partial charge on any atom is 0.329 e. The van der Waals surface area contributed by atoms with Gasteiger partial charge in [-0.25, -0.2) is 4.79 Å². The fourth-order valence-corrected chi connectivity index (χ4v) is 2.83. The van der Waals surface area contributed by atoms with Gasteiger partial charge in [-0.15, -0.1) is 11.3 Å². The maximum atomic E-state index is 12.2. The third-order valence-electron chi connectivity index (χ3n) is 2.68. The summed E-state index contributed by atoms with van der Waals surface area (Å²) in [6, 6.07) is -0.213. The number of fused-ring (bicyclic) bond motifs is 1. The Hall–Kier alpha value is -1.69. The van der Waals surface area contributed by atoms with Crippen LogP contribution in [0, 0.1) is 6.92 Å². The van der Waals surface area contributed by atoms with Gasteiger partial charge in [0.1, 0.15) is 4.83 Å². The summed E-state index contributed by atoms with van der Waals surface area (Å²) in [4.78, 5) is 38.3. The Labute approximate surface area is 101 Å². The monoisotopic (exact) mass is 252 g/mol. The Kier molecular flexibility index (Phi) is 2.74. The molecule has 2 rings (SSSR count). The summed E-state index contributed by atoms with van der Waals surface area (Å²) in [5.74, 6) is 0. The second-order valence-electron chi connectivity index (χ2n) is 4.11. The van der Waals surface area contributed by atoms with Crippen LogP contribution in [0.25, 0.3) is 10.2 Å². The smallest absolute Gasteiger partial charge is 0.298 e. The molecular weight excluding hydrogens is 240 g/mol. The Morgan fingerprint density at radius 3 is 2.53 bits per heavy atom. The second-order valence-corrected chi connectivity index (χ2v) is 5.16. The zero-order valence-electron chi connectivity index (χ0n) is 9.73. The molecular formula is C11H12N2O3S. The third-order valence-corrected chi connectivity index (χ3v) is 3.81. The van der Waals surface area contributed by atoms with Gasteiger partial charge < -0.3 is 0 Å². The van der Waals surface area contributed by atoms with Crippen LogP contribution in [-0.4, -0.2) is 15.8 Å². The molecule has 2 aromatic heterocycles. The molecule has 0 fully saturated rings. The predicted octanol–water partition coefficient (Wildman–Crippen LogP) is 1.45. The number of thiophene rings is 1. The minimum atomic E-state index is -0.434. The van der Waals surface area contributed by atoms with E-state index in [0.29, 0.717) is 26.9 Å². The molecule has 0 unspecified atom stereocenters. The van der Waals surface area contributed by atoms with E-state index in [2.05, 4.69) is 4.98 Å². The lowest BCUT2D eigenvalue weighted by molar-refractivity contribution is 0.112. The van der Waals surface area contributed by atoms with E-state index < -0.39 is 5.69 Å². The van der Waals surface area contributed by atoms with Crippen molar-refractivity contribution >= 4 is 27.8 Å². The van der Waals surface area contributed by atoms with Crippen molar-refractivity contribution in [1.29, 1.82) is 0 Å². The van der Waals surface area contributed by atoms with Crippen molar-refractivity contribution in [1.82, 2.24) is 9.55 Å². The number of aldehydes is 1. The highest BCUT2D eigenvalue weighted by Gasteiger charge is 2.16. The van der Waals surface area contributed by atoms with Gasteiger partial charge in [0, 0.05) is 6.04 Å². The highest BCUT2D eigenvalue weighted by atomic mass is 32.1. The van der Waals surface area contributed by atoms with Crippen molar-refractivity contribution in [3.63, 3.8) is 0 Å². The van der Waals surface area contributed by atoms with Crippen molar-refractivity contribution in [2.45, 2.75) is 26.8 Å². The molecule has 2 heterocycles. The van der Waals surface area contributed by atoms with Crippen molar-refractivity contribution in [2.24, 2.45) is 0 Å². The molecule has 90 valence electrons. The number of aryl methyl sites for hydroxylation is 1. The number of aromatic nitrogens is 2. The first-order chi connectivity index (χ1) is 7.97. The molecule has 0 aromatic carbocycles. The van der Waals surface area contributed by atoms with Crippen LogP contribution in [0.3, 0.4) is 0 Å².